The predicted molar refractivity (Wildman–Crippen MR) is 137 cm³/mol. The molecule has 0 fully saturated rings. The van der Waals surface area contributed by atoms with Gasteiger partial charge in [0.15, 0.2) is 0 Å². The van der Waals surface area contributed by atoms with Crippen LogP contribution in [0.3, 0.4) is 0 Å². The number of hydrogen-bond acceptors (Lipinski definition) is 6. The van der Waals surface area contributed by atoms with Crippen LogP contribution >= 0.6 is 11.6 Å². The molecule has 3 aromatic rings. The fourth-order valence-corrected chi connectivity index (χ4v) is 3.87. The van der Waals surface area contributed by atoms with Gasteiger partial charge in [-0.2, -0.15) is 13.2 Å². The van der Waals surface area contributed by atoms with Gasteiger partial charge in [-0.25, -0.2) is 9.69 Å². The lowest BCUT2D eigenvalue weighted by molar-refractivity contribution is -0.137. The highest BCUT2D eigenvalue weighted by molar-refractivity contribution is 6.53. The molecule has 1 heterocycles. The zero-order valence-electron chi connectivity index (χ0n) is 20.1. The highest BCUT2D eigenvalue weighted by Gasteiger charge is 2.39. The monoisotopic (exact) mass is 557 g/mol. The van der Waals surface area contributed by atoms with Crippen LogP contribution in [0.5, 0.6) is 0 Å². The number of imide groups is 1. The van der Waals surface area contributed by atoms with Crippen molar-refractivity contribution >= 4 is 52.4 Å². The van der Waals surface area contributed by atoms with E-state index < -0.39 is 35.4 Å². The summed E-state index contributed by atoms with van der Waals surface area (Å²) < 4.78 is 43.7. The molecule has 1 aliphatic rings. The maximum absolute atomic E-state index is 13.1. The standard InChI is InChI=1S/C27H19ClF3N3O5/c1-2-39-26(38)16-5-3-8-20(13-16)34-24(36)21(28)22(25(34)37)32-18-11-9-15(10-12-18)23(35)33-19-7-4-6-17(14-19)27(29,30)31/h3-14,32H,2H2,1H3,(H,33,35). The smallest absolute Gasteiger partial charge is 0.416 e. The van der Waals surface area contributed by atoms with Crippen molar-refractivity contribution in [3.8, 4) is 0 Å². The number of amides is 3. The summed E-state index contributed by atoms with van der Waals surface area (Å²) in [6.45, 7) is 1.80. The van der Waals surface area contributed by atoms with Gasteiger partial charge >= 0.3 is 12.1 Å². The second-order valence-electron chi connectivity index (χ2n) is 8.14. The van der Waals surface area contributed by atoms with Crippen LogP contribution in [0.1, 0.15) is 33.2 Å². The average Bonchev–Trinajstić information content (AvgIpc) is 3.11. The molecule has 1 aliphatic heterocycles. The maximum atomic E-state index is 13.1. The Bertz CT molecular complexity index is 1500. The number of nitrogens with one attached hydrogen (secondary N) is 2. The van der Waals surface area contributed by atoms with Crippen LogP contribution in [-0.2, 0) is 20.5 Å². The van der Waals surface area contributed by atoms with E-state index in [4.69, 9.17) is 16.3 Å². The Hall–Kier alpha value is -4.64. The van der Waals surface area contributed by atoms with Crippen molar-refractivity contribution in [3.05, 3.63) is 100 Å². The number of nitrogens with zero attached hydrogens (tertiary/aromatic N) is 1. The topological polar surface area (TPSA) is 105 Å². The van der Waals surface area contributed by atoms with Gasteiger partial charge < -0.3 is 15.4 Å². The Morgan fingerprint density at radius 2 is 1.59 bits per heavy atom. The molecule has 0 bridgehead atoms. The fourth-order valence-electron chi connectivity index (χ4n) is 3.66. The van der Waals surface area contributed by atoms with Crippen molar-refractivity contribution in [1.29, 1.82) is 0 Å². The first-order chi connectivity index (χ1) is 18.5. The number of esters is 1. The zero-order chi connectivity index (χ0) is 28.3. The third kappa shape index (κ3) is 5.93. The van der Waals surface area contributed by atoms with E-state index in [9.17, 15) is 32.3 Å². The Morgan fingerprint density at radius 3 is 2.26 bits per heavy atom. The normalized spacial score (nSPS) is 13.5. The van der Waals surface area contributed by atoms with E-state index in [1.165, 1.54) is 60.7 Å². The molecule has 0 aliphatic carbocycles. The molecule has 3 amide bonds. The third-order valence-electron chi connectivity index (χ3n) is 5.51. The molecule has 0 saturated heterocycles. The van der Waals surface area contributed by atoms with Gasteiger partial charge in [0.1, 0.15) is 10.7 Å². The Kier molecular flexibility index (Phi) is 7.73. The highest BCUT2D eigenvalue weighted by atomic mass is 35.5. The number of carbonyl (C=O) groups is 4. The van der Waals surface area contributed by atoms with Gasteiger partial charge in [-0.3, -0.25) is 14.4 Å². The first-order valence-corrected chi connectivity index (χ1v) is 11.8. The SMILES string of the molecule is CCOC(=O)c1cccc(N2C(=O)C(Cl)=C(Nc3ccc(C(=O)Nc4cccc(C(F)(F)F)c4)cc3)C2=O)c1. The molecule has 0 atom stereocenters. The number of anilines is 3. The Balaban J connectivity index is 1.47. The molecule has 2 N–H and O–H groups in total. The summed E-state index contributed by atoms with van der Waals surface area (Å²) in [6, 6.07) is 15.6. The summed E-state index contributed by atoms with van der Waals surface area (Å²) >= 11 is 6.16. The molecule has 0 saturated carbocycles. The molecule has 0 unspecified atom stereocenters. The summed E-state index contributed by atoms with van der Waals surface area (Å²) in [4.78, 5) is 51.2. The average molecular weight is 558 g/mol. The first kappa shape index (κ1) is 27.4. The fraction of sp³-hybridized carbons (Fsp3) is 0.111. The molecule has 0 aromatic heterocycles. The molecule has 0 radical (unpaired) electrons. The van der Waals surface area contributed by atoms with Gasteiger partial charge in [0.05, 0.1) is 23.4 Å². The van der Waals surface area contributed by atoms with E-state index in [2.05, 4.69) is 10.6 Å². The number of carbonyl (C=O) groups excluding carboxylic acids is 4. The van der Waals surface area contributed by atoms with Crippen LogP contribution in [0, 0.1) is 0 Å². The molecular weight excluding hydrogens is 539 g/mol. The second kappa shape index (κ2) is 11.0. The minimum atomic E-state index is -4.55. The third-order valence-corrected chi connectivity index (χ3v) is 5.86. The largest absolute Gasteiger partial charge is 0.462 e. The summed E-state index contributed by atoms with van der Waals surface area (Å²) in [5, 5.41) is 4.77. The van der Waals surface area contributed by atoms with Gasteiger partial charge in [-0.05, 0) is 67.6 Å². The lowest BCUT2D eigenvalue weighted by Gasteiger charge is -2.16. The number of ether oxygens (including phenoxy) is 1. The van der Waals surface area contributed by atoms with E-state index in [1.54, 1.807) is 6.92 Å². The molecule has 4 rings (SSSR count). The number of hydrogen-bond donors (Lipinski definition) is 2. The Morgan fingerprint density at radius 1 is 0.897 bits per heavy atom. The van der Waals surface area contributed by atoms with E-state index in [0.717, 1.165) is 17.0 Å². The number of alkyl halides is 3. The lowest BCUT2D eigenvalue weighted by atomic mass is 10.1. The van der Waals surface area contributed by atoms with Crippen molar-refractivity contribution < 1.29 is 37.1 Å². The van der Waals surface area contributed by atoms with Crippen molar-refractivity contribution in [1.82, 2.24) is 0 Å². The van der Waals surface area contributed by atoms with Gasteiger partial charge in [0.2, 0.25) is 0 Å². The molecule has 39 heavy (non-hydrogen) atoms. The number of halogens is 4. The minimum absolute atomic E-state index is 0.0313. The predicted octanol–water partition coefficient (Wildman–Crippen LogP) is 5.57. The second-order valence-corrected chi connectivity index (χ2v) is 8.52. The van der Waals surface area contributed by atoms with Gasteiger partial charge in [-0.15, -0.1) is 0 Å². The molecular formula is C27H19ClF3N3O5. The van der Waals surface area contributed by atoms with Crippen LogP contribution in [-0.4, -0.2) is 30.3 Å². The van der Waals surface area contributed by atoms with Crippen LogP contribution in [0.25, 0.3) is 0 Å². The van der Waals surface area contributed by atoms with Gasteiger partial charge in [0, 0.05) is 16.9 Å². The van der Waals surface area contributed by atoms with Crippen molar-refractivity contribution in [2.75, 3.05) is 22.1 Å². The summed E-state index contributed by atoms with van der Waals surface area (Å²) in [5.74, 6) is -2.84. The lowest BCUT2D eigenvalue weighted by Crippen LogP contribution is -2.32. The molecule has 3 aromatic carbocycles. The van der Waals surface area contributed by atoms with Crippen molar-refractivity contribution in [3.63, 3.8) is 0 Å². The summed E-state index contributed by atoms with van der Waals surface area (Å²) in [6.07, 6.45) is -4.55. The molecule has 8 nitrogen and oxygen atoms in total. The van der Waals surface area contributed by atoms with Crippen LogP contribution in [0.2, 0.25) is 0 Å². The Labute approximate surface area is 225 Å². The zero-order valence-corrected chi connectivity index (χ0v) is 20.9. The number of rotatable bonds is 7. The molecule has 0 spiro atoms. The van der Waals surface area contributed by atoms with E-state index >= 15 is 0 Å². The van der Waals surface area contributed by atoms with Crippen LogP contribution < -0.4 is 15.5 Å². The molecule has 200 valence electrons. The quantitative estimate of drug-likeness (QED) is 0.291. The minimum Gasteiger partial charge on any atom is -0.462 e. The first-order valence-electron chi connectivity index (χ1n) is 11.4. The van der Waals surface area contributed by atoms with Crippen LogP contribution in [0.15, 0.2) is 83.5 Å². The van der Waals surface area contributed by atoms with Gasteiger partial charge in [0.25, 0.3) is 17.7 Å². The summed E-state index contributed by atoms with van der Waals surface area (Å²) in [7, 11) is 0. The highest BCUT2D eigenvalue weighted by Crippen LogP contribution is 2.32. The van der Waals surface area contributed by atoms with E-state index in [1.807, 2.05) is 0 Å². The van der Waals surface area contributed by atoms with Crippen molar-refractivity contribution in [2.45, 2.75) is 13.1 Å². The number of benzene rings is 3. The van der Waals surface area contributed by atoms with E-state index in [-0.39, 0.29) is 39.8 Å². The van der Waals surface area contributed by atoms with Gasteiger partial charge in [-0.1, -0.05) is 23.7 Å². The van der Waals surface area contributed by atoms with Crippen molar-refractivity contribution in [2.24, 2.45) is 0 Å². The van der Waals surface area contributed by atoms with Crippen LogP contribution in [0.4, 0.5) is 30.2 Å². The maximum Gasteiger partial charge on any atom is 0.416 e. The molecule has 12 heteroatoms. The summed E-state index contributed by atoms with van der Waals surface area (Å²) in [5.41, 5.74) is -0.451. The van der Waals surface area contributed by atoms with E-state index in [0.29, 0.717) is 5.69 Å².